The SMILES string of the molecule is Nc1c(-c2c(Cl)cccc2Cl)oc2cc(C3CCCNC3)ccc12. The number of furan rings is 1. The van der Waals surface area contributed by atoms with E-state index in [1.807, 2.05) is 6.07 Å². The minimum atomic E-state index is 0.516. The van der Waals surface area contributed by atoms with Crippen LogP contribution in [0.4, 0.5) is 5.69 Å². The van der Waals surface area contributed by atoms with Crippen LogP contribution in [0, 0.1) is 0 Å². The summed E-state index contributed by atoms with van der Waals surface area (Å²) in [5, 5.41) is 5.41. The summed E-state index contributed by atoms with van der Waals surface area (Å²) in [4.78, 5) is 0. The number of halogens is 2. The molecule has 0 amide bonds. The van der Waals surface area contributed by atoms with Crippen molar-refractivity contribution in [1.82, 2.24) is 5.32 Å². The monoisotopic (exact) mass is 360 g/mol. The fourth-order valence-corrected chi connectivity index (χ4v) is 3.99. The summed E-state index contributed by atoms with van der Waals surface area (Å²) >= 11 is 12.6. The first-order valence-corrected chi connectivity index (χ1v) is 8.88. The molecule has 1 atom stereocenters. The van der Waals surface area contributed by atoms with Crippen molar-refractivity contribution < 1.29 is 4.42 Å². The van der Waals surface area contributed by atoms with Gasteiger partial charge >= 0.3 is 0 Å². The largest absolute Gasteiger partial charge is 0.454 e. The molecular formula is C19H18Cl2N2O. The standard InChI is InChI=1S/C19H18Cl2N2O/c20-14-4-1-5-15(21)17(14)19-18(22)13-7-6-11(9-16(13)24-19)12-3-2-8-23-10-12/h1,4-7,9,12,23H,2-3,8,10,22H2. The molecule has 0 bridgehead atoms. The molecule has 2 heterocycles. The Labute approximate surface area is 150 Å². The maximum Gasteiger partial charge on any atom is 0.161 e. The van der Waals surface area contributed by atoms with Gasteiger partial charge in [-0.25, -0.2) is 0 Å². The van der Waals surface area contributed by atoms with Crippen molar-refractivity contribution in [3.05, 3.63) is 52.0 Å². The highest BCUT2D eigenvalue weighted by atomic mass is 35.5. The van der Waals surface area contributed by atoms with Gasteiger partial charge in [-0.1, -0.05) is 35.3 Å². The van der Waals surface area contributed by atoms with Gasteiger partial charge in [-0.05, 0) is 55.1 Å². The van der Waals surface area contributed by atoms with Crippen LogP contribution in [0.5, 0.6) is 0 Å². The van der Waals surface area contributed by atoms with Gasteiger partial charge < -0.3 is 15.5 Å². The van der Waals surface area contributed by atoms with E-state index in [0.29, 0.717) is 33.0 Å². The Balaban J connectivity index is 1.82. The van der Waals surface area contributed by atoms with Crippen molar-refractivity contribution in [1.29, 1.82) is 0 Å². The molecule has 0 aliphatic carbocycles. The van der Waals surface area contributed by atoms with E-state index >= 15 is 0 Å². The molecule has 1 aliphatic heterocycles. The summed E-state index contributed by atoms with van der Waals surface area (Å²) in [5.74, 6) is 1.06. The van der Waals surface area contributed by atoms with Crippen LogP contribution in [0.3, 0.4) is 0 Å². The van der Waals surface area contributed by atoms with Crippen molar-refractivity contribution in [2.45, 2.75) is 18.8 Å². The predicted molar refractivity (Wildman–Crippen MR) is 101 cm³/mol. The van der Waals surface area contributed by atoms with Gasteiger partial charge in [-0.2, -0.15) is 0 Å². The van der Waals surface area contributed by atoms with E-state index in [-0.39, 0.29) is 0 Å². The molecule has 3 N–H and O–H groups in total. The first-order valence-electron chi connectivity index (χ1n) is 8.12. The Bertz CT molecular complexity index is 878. The van der Waals surface area contributed by atoms with Crippen LogP contribution in [0.25, 0.3) is 22.3 Å². The Morgan fingerprint density at radius 1 is 1.12 bits per heavy atom. The van der Waals surface area contributed by atoms with Gasteiger partial charge in [-0.15, -0.1) is 0 Å². The molecule has 4 rings (SSSR count). The molecule has 3 aromatic rings. The van der Waals surface area contributed by atoms with Crippen molar-refractivity contribution in [2.75, 3.05) is 18.8 Å². The first kappa shape index (κ1) is 15.8. The maximum atomic E-state index is 6.31. The lowest BCUT2D eigenvalue weighted by atomic mass is 9.91. The maximum absolute atomic E-state index is 6.31. The fourth-order valence-electron chi connectivity index (χ4n) is 3.42. The van der Waals surface area contributed by atoms with Crippen molar-refractivity contribution in [2.24, 2.45) is 0 Å². The minimum Gasteiger partial charge on any atom is -0.454 e. The lowest BCUT2D eigenvalue weighted by molar-refractivity contribution is 0.461. The summed E-state index contributed by atoms with van der Waals surface area (Å²) in [7, 11) is 0. The number of hydrogen-bond acceptors (Lipinski definition) is 3. The summed E-state index contributed by atoms with van der Waals surface area (Å²) in [6.07, 6.45) is 2.39. The molecule has 5 heteroatoms. The molecular weight excluding hydrogens is 343 g/mol. The van der Waals surface area contributed by atoms with Crippen LogP contribution < -0.4 is 11.1 Å². The number of fused-ring (bicyclic) bond motifs is 1. The van der Waals surface area contributed by atoms with E-state index in [0.717, 1.165) is 24.1 Å². The zero-order valence-corrected chi connectivity index (χ0v) is 14.6. The van der Waals surface area contributed by atoms with Crippen molar-refractivity contribution in [3.63, 3.8) is 0 Å². The lowest BCUT2D eigenvalue weighted by Crippen LogP contribution is -2.28. The van der Waals surface area contributed by atoms with Gasteiger partial charge in [0.1, 0.15) is 5.58 Å². The minimum absolute atomic E-state index is 0.516. The van der Waals surface area contributed by atoms with Gasteiger partial charge in [0.2, 0.25) is 0 Å². The Hall–Kier alpha value is -1.68. The van der Waals surface area contributed by atoms with Gasteiger partial charge in [-0.3, -0.25) is 0 Å². The average Bonchev–Trinajstić information content (AvgIpc) is 2.92. The molecule has 24 heavy (non-hydrogen) atoms. The third-order valence-corrected chi connectivity index (χ3v) is 5.34. The van der Waals surface area contributed by atoms with E-state index in [2.05, 4.69) is 17.4 Å². The molecule has 0 radical (unpaired) electrons. The second kappa shape index (κ2) is 6.32. The number of piperidine rings is 1. The fraction of sp³-hybridized carbons (Fsp3) is 0.263. The second-order valence-electron chi connectivity index (χ2n) is 6.24. The summed E-state index contributed by atoms with van der Waals surface area (Å²) in [6.45, 7) is 2.10. The summed E-state index contributed by atoms with van der Waals surface area (Å²) in [5.41, 5.74) is 9.60. The average molecular weight is 361 g/mol. The van der Waals surface area contributed by atoms with E-state index in [4.69, 9.17) is 33.4 Å². The zero-order chi connectivity index (χ0) is 16.7. The summed E-state index contributed by atoms with van der Waals surface area (Å²) < 4.78 is 6.06. The number of nitrogens with one attached hydrogen (secondary N) is 1. The van der Waals surface area contributed by atoms with Crippen LogP contribution in [-0.2, 0) is 0 Å². The Kier molecular flexibility index (Phi) is 4.17. The highest BCUT2D eigenvalue weighted by Gasteiger charge is 2.21. The van der Waals surface area contributed by atoms with Crippen molar-refractivity contribution in [3.8, 4) is 11.3 Å². The molecule has 124 valence electrons. The topological polar surface area (TPSA) is 51.2 Å². The molecule has 1 fully saturated rings. The van der Waals surface area contributed by atoms with E-state index in [1.54, 1.807) is 18.2 Å². The predicted octanol–water partition coefficient (Wildman–Crippen LogP) is 5.46. The van der Waals surface area contributed by atoms with Gasteiger partial charge in [0.15, 0.2) is 5.76 Å². The second-order valence-corrected chi connectivity index (χ2v) is 7.05. The zero-order valence-electron chi connectivity index (χ0n) is 13.1. The molecule has 1 unspecified atom stereocenters. The van der Waals surface area contributed by atoms with E-state index < -0.39 is 0 Å². The van der Waals surface area contributed by atoms with Crippen LogP contribution in [0.2, 0.25) is 10.0 Å². The molecule has 0 spiro atoms. The molecule has 1 aliphatic rings. The Morgan fingerprint density at radius 3 is 2.62 bits per heavy atom. The number of benzene rings is 2. The third kappa shape index (κ3) is 2.67. The lowest BCUT2D eigenvalue weighted by Gasteiger charge is -2.22. The number of hydrogen-bond donors (Lipinski definition) is 2. The number of rotatable bonds is 2. The molecule has 3 nitrogen and oxygen atoms in total. The first-order chi connectivity index (χ1) is 11.6. The van der Waals surface area contributed by atoms with Gasteiger partial charge in [0.25, 0.3) is 0 Å². The van der Waals surface area contributed by atoms with Crippen LogP contribution in [0.1, 0.15) is 24.3 Å². The number of nitrogen functional groups attached to an aromatic ring is 1. The highest BCUT2D eigenvalue weighted by Crippen LogP contribution is 2.43. The van der Waals surface area contributed by atoms with Gasteiger partial charge in [0.05, 0.1) is 21.3 Å². The van der Waals surface area contributed by atoms with Crippen LogP contribution in [-0.4, -0.2) is 13.1 Å². The molecule has 1 aromatic heterocycles. The Morgan fingerprint density at radius 2 is 1.92 bits per heavy atom. The molecule has 0 saturated carbocycles. The smallest absolute Gasteiger partial charge is 0.161 e. The van der Waals surface area contributed by atoms with E-state index in [1.165, 1.54) is 18.4 Å². The normalized spacial score (nSPS) is 18.2. The molecule has 2 aromatic carbocycles. The van der Waals surface area contributed by atoms with Crippen molar-refractivity contribution >= 4 is 39.9 Å². The summed E-state index contributed by atoms with van der Waals surface area (Å²) in [6, 6.07) is 11.7. The van der Waals surface area contributed by atoms with E-state index in [9.17, 15) is 0 Å². The quantitative estimate of drug-likeness (QED) is 0.638. The number of anilines is 1. The number of nitrogens with two attached hydrogens (primary N) is 1. The van der Waals surface area contributed by atoms with Crippen LogP contribution in [0.15, 0.2) is 40.8 Å². The van der Waals surface area contributed by atoms with Crippen LogP contribution >= 0.6 is 23.2 Å². The van der Waals surface area contributed by atoms with Gasteiger partial charge in [0, 0.05) is 11.9 Å². The highest BCUT2D eigenvalue weighted by molar-refractivity contribution is 6.39. The molecule has 1 saturated heterocycles. The third-order valence-electron chi connectivity index (χ3n) is 4.71.